The average molecular weight is 386 g/mol. The van der Waals surface area contributed by atoms with Gasteiger partial charge in [-0.25, -0.2) is 0 Å². The van der Waals surface area contributed by atoms with Crippen molar-refractivity contribution in [3.05, 3.63) is 96.1 Å². The summed E-state index contributed by atoms with van der Waals surface area (Å²) in [5, 5.41) is 8.05. The van der Waals surface area contributed by atoms with Crippen molar-refractivity contribution in [1.82, 2.24) is 0 Å². The zero-order valence-electron chi connectivity index (χ0n) is 16.6. The fourth-order valence-electron chi connectivity index (χ4n) is 3.65. The molecule has 3 aromatic rings. The van der Waals surface area contributed by atoms with Gasteiger partial charge in [-0.05, 0) is 41.8 Å². The normalized spacial score (nSPS) is 16.6. The van der Waals surface area contributed by atoms with Crippen molar-refractivity contribution < 1.29 is 9.57 Å². The molecular weight excluding hydrogens is 360 g/mol. The molecule has 2 atom stereocenters. The van der Waals surface area contributed by atoms with Crippen LogP contribution in [0.25, 0.3) is 0 Å². The van der Waals surface area contributed by atoms with Gasteiger partial charge < -0.3 is 14.9 Å². The fraction of sp³-hybridized carbons (Fsp3) is 0.240. The van der Waals surface area contributed by atoms with Gasteiger partial charge in [0.05, 0.1) is 18.9 Å². The highest BCUT2D eigenvalue weighted by Crippen LogP contribution is 2.24. The van der Waals surface area contributed by atoms with E-state index < -0.39 is 0 Å². The quantitative estimate of drug-likeness (QED) is 0.585. The number of methoxy groups -OCH3 is 1. The Balaban J connectivity index is 1.46. The monoisotopic (exact) mass is 386 g/mol. The van der Waals surface area contributed by atoms with Crippen molar-refractivity contribution in [2.75, 3.05) is 12.4 Å². The fourth-order valence-corrected chi connectivity index (χ4v) is 3.65. The van der Waals surface area contributed by atoms with Gasteiger partial charge in [0.1, 0.15) is 5.75 Å². The summed E-state index contributed by atoms with van der Waals surface area (Å²) < 4.78 is 5.27. The minimum Gasteiger partial charge on any atom is -0.497 e. The second-order valence-corrected chi connectivity index (χ2v) is 7.34. The Kier molecular flexibility index (Phi) is 6.10. The van der Waals surface area contributed by atoms with Gasteiger partial charge in [0.25, 0.3) is 0 Å². The lowest BCUT2D eigenvalue weighted by Gasteiger charge is -2.24. The van der Waals surface area contributed by atoms with Gasteiger partial charge in [-0.15, -0.1) is 0 Å². The molecule has 148 valence electrons. The first-order valence-electron chi connectivity index (χ1n) is 10.00. The molecule has 29 heavy (non-hydrogen) atoms. The summed E-state index contributed by atoms with van der Waals surface area (Å²) in [6.07, 6.45) is 2.52. The zero-order chi connectivity index (χ0) is 19.9. The lowest BCUT2D eigenvalue weighted by atomic mass is 9.96. The van der Waals surface area contributed by atoms with E-state index in [-0.39, 0.29) is 12.1 Å². The molecule has 0 amide bonds. The Labute approximate surface area is 172 Å². The first-order valence-corrected chi connectivity index (χ1v) is 10.00. The zero-order valence-corrected chi connectivity index (χ0v) is 16.6. The lowest BCUT2D eigenvalue weighted by Crippen LogP contribution is -2.36. The van der Waals surface area contributed by atoms with Gasteiger partial charge in [0.15, 0.2) is 6.10 Å². The highest BCUT2D eigenvalue weighted by molar-refractivity contribution is 5.87. The van der Waals surface area contributed by atoms with E-state index >= 15 is 0 Å². The maximum Gasteiger partial charge on any atom is 0.153 e. The summed E-state index contributed by atoms with van der Waals surface area (Å²) in [7, 11) is 1.68. The molecule has 4 rings (SSSR count). The molecule has 0 bridgehead atoms. The molecular formula is C25H26N2O2. The number of ether oxygens (including phenoxy) is 1. The number of oxime groups is 1. The van der Waals surface area contributed by atoms with Gasteiger partial charge in [-0.2, -0.15) is 0 Å². The van der Waals surface area contributed by atoms with Crippen molar-refractivity contribution in [3.8, 4) is 5.75 Å². The number of hydrogen-bond acceptors (Lipinski definition) is 4. The maximum atomic E-state index is 5.89. The highest BCUT2D eigenvalue weighted by atomic mass is 16.6. The first kappa shape index (κ1) is 19.1. The third-order valence-corrected chi connectivity index (χ3v) is 5.19. The van der Waals surface area contributed by atoms with E-state index in [0.717, 1.165) is 36.4 Å². The Morgan fingerprint density at radius 1 is 0.931 bits per heavy atom. The molecule has 0 fully saturated rings. The molecule has 0 aliphatic carbocycles. The molecule has 1 aliphatic rings. The van der Waals surface area contributed by atoms with Crippen LogP contribution >= 0.6 is 0 Å². The number of benzene rings is 3. The molecule has 1 N–H and O–H groups in total. The number of nitrogens with zero attached hydrogens (tertiary/aromatic N) is 1. The third-order valence-electron chi connectivity index (χ3n) is 5.19. The molecule has 4 heteroatoms. The number of hydrogen-bond donors (Lipinski definition) is 1. The number of nitrogens with one attached hydrogen (secondary N) is 1. The van der Waals surface area contributed by atoms with E-state index in [1.807, 2.05) is 36.4 Å². The summed E-state index contributed by atoms with van der Waals surface area (Å²) in [6.45, 7) is 0. The van der Waals surface area contributed by atoms with Crippen LogP contribution in [-0.2, 0) is 17.7 Å². The van der Waals surface area contributed by atoms with Crippen LogP contribution in [-0.4, -0.2) is 25.0 Å². The van der Waals surface area contributed by atoms with E-state index in [2.05, 4.69) is 59.0 Å². The van der Waals surface area contributed by atoms with Crippen LogP contribution in [0.15, 0.2) is 90.1 Å². The summed E-state index contributed by atoms with van der Waals surface area (Å²) in [5.74, 6) is 0.848. The minimum absolute atomic E-state index is 0.00369. The van der Waals surface area contributed by atoms with E-state index in [9.17, 15) is 0 Å². The Morgan fingerprint density at radius 3 is 2.24 bits per heavy atom. The number of anilines is 1. The summed E-state index contributed by atoms with van der Waals surface area (Å²) in [4.78, 5) is 5.89. The largest absolute Gasteiger partial charge is 0.497 e. The highest BCUT2D eigenvalue weighted by Gasteiger charge is 2.30. The molecule has 0 aromatic heterocycles. The van der Waals surface area contributed by atoms with Crippen molar-refractivity contribution >= 4 is 11.4 Å². The molecule has 3 aromatic carbocycles. The second kappa shape index (κ2) is 9.28. The summed E-state index contributed by atoms with van der Waals surface area (Å²) >= 11 is 0. The molecule has 0 saturated carbocycles. The van der Waals surface area contributed by atoms with Crippen LogP contribution in [0.1, 0.15) is 17.5 Å². The van der Waals surface area contributed by atoms with Gasteiger partial charge in [-0.1, -0.05) is 65.8 Å². The molecule has 4 nitrogen and oxygen atoms in total. The van der Waals surface area contributed by atoms with Crippen LogP contribution in [0.4, 0.5) is 5.69 Å². The maximum absolute atomic E-state index is 5.89. The average Bonchev–Trinajstić information content (AvgIpc) is 3.24. The predicted molar refractivity (Wildman–Crippen MR) is 118 cm³/mol. The van der Waals surface area contributed by atoms with Gasteiger partial charge >= 0.3 is 0 Å². The number of rotatable bonds is 8. The van der Waals surface area contributed by atoms with E-state index in [1.54, 1.807) is 7.11 Å². The topological polar surface area (TPSA) is 42.8 Å². The van der Waals surface area contributed by atoms with Gasteiger partial charge in [-0.3, -0.25) is 0 Å². The van der Waals surface area contributed by atoms with Crippen LogP contribution in [0, 0.1) is 0 Å². The summed E-state index contributed by atoms with van der Waals surface area (Å²) in [5.41, 5.74) is 4.68. The minimum atomic E-state index is -0.00369. The van der Waals surface area contributed by atoms with Crippen molar-refractivity contribution in [2.45, 2.75) is 31.4 Å². The van der Waals surface area contributed by atoms with Crippen molar-refractivity contribution in [3.63, 3.8) is 0 Å². The molecule has 1 aliphatic heterocycles. The smallest absolute Gasteiger partial charge is 0.153 e. The summed E-state index contributed by atoms with van der Waals surface area (Å²) in [6, 6.07) is 29.1. The molecule has 2 unspecified atom stereocenters. The lowest BCUT2D eigenvalue weighted by molar-refractivity contribution is 0.0709. The second-order valence-electron chi connectivity index (χ2n) is 7.34. The Bertz CT molecular complexity index is 924. The van der Waals surface area contributed by atoms with E-state index in [1.165, 1.54) is 11.1 Å². The van der Waals surface area contributed by atoms with Gasteiger partial charge in [0.2, 0.25) is 0 Å². The SMILES string of the molecule is COc1ccc(NC(Cc2ccccc2)C2CC(Cc3ccccc3)=NO2)cc1. The van der Waals surface area contributed by atoms with E-state index in [4.69, 9.17) is 9.57 Å². The van der Waals surface area contributed by atoms with Gasteiger partial charge in [0, 0.05) is 18.5 Å². The van der Waals surface area contributed by atoms with E-state index in [0.29, 0.717) is 0 Å². The Morgan fingerprint density at radius 2 is 1.59 bits per heavy atom. The van der Waals surface area contributed by atoms with Crippen LogP contribution in [0.5, 0.6) is 5.75 Å². The Hall–Kier alpha value is -3.27. The van der Waals surface area contributed by atoms with Crippen LogP contribution in [0.2, 0.25) is 0 Å². The third kappa shape index (κ3) is 5.17. The molecule has 0 saturated heterocycles. The van der Waals surface area contributed by atoms with Crippen molar-refractivity contribution in [2.24, 2.45) is 5.16 Å². The van der Waals surface area contributed by atoms with Crippen LogP contribution < -0.4 is 10.1 Å². The predicted octanol–water partition coefficient (Wildman–Crippen LogP) is 5.11. The molecule has 0 radical (unpaired) electrons. The standard InChI is InChI=1S/C25H26N2O2/c1-28-23-14-12-21(13-15-23)26-24(17-20-10-6-3-7-11-20)25-18-22(27-29-25)16-19-8-4-2-5-9-19/h2-15,24-26H,16-18H2,1H3. The molecule has 0 spiro atoms. The molecule has 1 heterocycles. The van der Waals surface area contributed by atoms with Crippen molar-refractivity contribution in [1.29, 1.82) is 0 Å². The van der Waals surface area contributed by atoms with Crippen LogP contribution in [0.3, 0.4) is 0 Å². The first-order chi connectivity index (χ1) is 14.3.